The molecule has 0 radical (unpaired) electrons. The number of carbonyl (C=O) groups excluding carboxylic acids is 1. The van der Waals surface area contributed by atoms with Crippen molar-refractivity contribution >= 4 is 5.91 Å². The fourth-order valence-corrected chi connectivity index (χ4v) is 2.76. The number of rotatable bonds is 9. The van der Waals surface area contributed by atoms with Crippen molar-refractivity contribution < 1.29 is 13.9 Å². The average molecular weight is 382 g/mol. The molecule has 1 heterocycles. The number of halogens is 1. The van der Waals surface area contributed by atoms with Crippen molar-refractivity contribution in [2.75, 3.05) is 19.8 Å². The second kappa shape index (κ2) is 9.75. The molecule has 0 atom stereocenters. The van der Waals surface area contributed by atoms with E-state index in [9.17, 15) is 9.18 Å². The van der Waals surface area contributed by atoms with Crippen LogP contribution in [-0.4, -0.2) is 40.7 Å². The van der Waals surface area contributed by atoms with E-state index in [0.29, 0.717) is 37.6 Å². The maximum atomic E-state index is 13.1. The van der Waals surface area contributed by atoms with Crippen LogP contribution in [0, 0.1) is 12.7 Å². The lowest BCUT2D eigenvalue weighted by Gasteiger charge is -2.06. The van der Waals surface area contributed by atoms with E-state index >= 15 is 0 Å². The first kappa shape index (κ1) is 19.7. The van der Waals surface area contributed by atoms with Gasteiger partial charge in [0.2, 0.25) is 0 Å². The molecule has 3 rings (SSSR count). The van der Waals surface area contributed by atoms with E-state index in [1.54, 1.807) is 19.1 Å². The van der Waals surface area contributed by atoms with Gasteiger partial charge in [-0.05, 0) is 49.6 Å². The Morgan fingerprint density at radius 3 is 2.61 bits per heavy atom. The summed E-state index contributed by atoms with van der Waals surface area (Å²) in [6, 6.07) is 16.0. The predicted molar refractivity (Wildman–Crippen MR) is 104 cm³/mol. The van der Waals surface area contributed by atoms with Crippen molar-refractivity contribution in [3.05, 3.63) is 77.4 Å². The van der Waals surface area contributed by atoms with Gasteiger partial charge in [-0.25, -0.2) is 9.07 Å². The summed E-state index contributed by atoms with van der Waals surface area (Å²) in [4.78, 5) is 12.3. The Labute approximate surface area is 163 Å². The molecule has 1 N–H and O–H groups in total. The van der Waals surface area contributed by atoms with Crippen LogP contribution in [-0.2, 0) is 11.2 Å². The van der Waals surface area contributed by atoms with E-state index in [0.717, 1.165) is 6.42 Å². The molecule has 0 fully saturated rings. The maximum absolute atomic E-state index is 13.1. The first-order chi connectivity index (χ1) is 13.6. The molecule has 7 heteroatoms. The van der Waals surface area contributed by atoms with Crippen LogP contribution in [0.4, 0.5) is 4.39 Å². The van der Waals surface area contributed by atoms with Gasteiger partial charge in [0.05, 0.1) is 18.0 Å². The lowest BCUT2D eigenvalue weighted by Crippen LogP contribution is -2.26. The molecule has 0 bridgehead atoms. The standard InChI is InChI=1S/C21H23FN4O2/c1-16-20(24-25-26(16)19-10-8-18(22)9-11-19)21(27)23-13-5-14-28-15-12-17-6-3-2-4-7-17/h2-4,6-11H,5,12-15H2,1H3,(H,23,27). The van der Waals surface area contributed by atoms with Crippen LogP contribution >= 0.6 is 0 Å². The molecule has 146 valence electrons. The van der Waals surface area contributed by atoms with Gasteiger partial charge in [0, 0.05) is 13.2 Å². The van der Waals surface area contributed by atoms with Gasteiger partial charge in [0.15, 0.2) is 5.69 Å². The average Bonchev–Trinajstić information content (AvgIpc) is 3.10. The Hall–Kier alpha value is -3.06. The van der Waals surface area contributed by atoms with Gasteiger partial charge in [0.1, 0.15) is 5.82 Å². The van der Waals surface area contributed by atoms with Crippen molar-refractivity contribution in [1.82, 2.24) is 20.3 Å². The number of carbonyl (C=O) groups is 1. The fraction of sp³-hybridized carbons (Fsp3) is 0.286. The first-order valence-electron chi connectivity index (χ1n) is 9.23. The summed E-state index contributed by atoms with van der Waals surface area (Å²) in [5, 5.41) is 10.8. The third kappa shape index (κ3) is 5.23. The van der Waals surface area contributed by atoms with E-state index in [2.05, 4.69) is 27.8 Å². The molecular formula is C21H23FN4O2. The molecule has 6 nitrogen and oxygen atoms in total. The van der Waals surface area contributed by atoms with E-state index in [1.165, 1.54) is 22.4 Å². The van der Waals surface area contributed by atoms with Crippen LogP contribution < -0.4 is 5.32 Å². The van der Waals surface area contributed by atoms with E-state index in [-0.39, 0.29) is 17.4 Å². The van der Waals surface area contributed by atoms with Gasteiger partial charge < -0.3 is 10.1 Å². The summed E-state index contributed by atoms with van der Waals surface area (Å²) in [5.74, 6) is -0.611. The van der Waals surface area contributed by atoms with Gasteiger partial charge in [-0.2, -0.15) is 0 Å². The number of ether oxygens (including phenoxy) is 1. The van der Waals surface area contributed by atoms with Crippen molar-refractivity contribution in [1.29, 1.82) is 0 Å². The molecule has 0 saturated carbocycles. The summed E-state index contributed by atoms with van der Waals surface area (Å²) in [6.07, 6.45) is 1.59. The van der Waals surface area contributed by atoms with Crippen LogP contribution in [0.3, 0.4) is 0 Å². The largest absolute Gasteiger partial charge is 0.381 e. The Bertz CT molecular complexity index is 895. The molecule has 1 amide bonds. The van der Waals surface area contributed by atoms with Gasteiger partial charge >= 0.3 is 0 Å². The Morgan fingerprint density at radius 1 is 1.11 bits per heavy atom. The number of hydrogen-bond donors (Lipinski definition) is 1. The zero-order valence-corrected chi connectivity index (χ0v) is 15.8. The topological polar surface area (TPSA) is 69.0 Å². The number of aromatic nitrogens is 3. The normalized spacial score (nSPS) is 10.8. The molecule has 28 heavy (non-hydrogen) atoms. The zero-order chi connectivity index (χ0) is 19.8. The molecule has 0 spiro atoms. The Kier molecular flexibility index (Phi) is 6.86. The van der Waals surface area contributed by atoms with Crippen LogP contribution in [0.15, 0.2) is 54.6 Å². The van der Waals surface area contributed by atoms with Gasteiger partial charge in [-0.3, -0.25) is 4.79 Å². The number of nitrogens with zero attached hydrogens (tertiary/aromatic N) is 3. The number of nitrogens with one attached hydrogen (secondary N) is 1. The van der Waals surface area contributed by atoms with E-state index < -0.39 is 0 Å². The molecular weight excluding hydrogens is 359 g/mol. The highest BCUT2D eigenvalue weighted by Crippen LogP contribution is 2.12. The third-order valence-electron chi connectivity index (χ3n) is 4.31. The third-order valence-corrected chi connectivity index (χ3v) is 4.31. The second-order valence-electron chi connectivity index (χ2n) is 6.37. The molecule has 2 aromatic carbocycles. The lowest BCUT2D eigenvalue weighted by atomic mass is 10.2. The smallest absolute Gasteiger partial charge is 0.273 e. The van der Waals surface area contributed by atoms with Gasteiger partial charge in [-0.1, -0.05) is 35.5 Å². The molecule has 0 aliphatic carbocycles. The lowest BCUT2D eigenvalue weighted by molar-refractivity contribution is 0.0936. The summed E-state index contributed by atoms with van der Waals surface area (Å²) in [5.41, 5.74) is 2.75. The number of benzene rings is 2. The first-order valence-corrected chi connectivity index (χ1v) is 9.23. The molecule has 0 aliphatic heterocycles. The maximum Gasteiger partial charge on any atom is 0.273 e. The van der Waals surface area contributed by atoms with Crippen LogP contribution in [0.5, 0.6) is 0 Å². The van der Waals surface area contributed by atoms with Crippen LogP contribution in [0.25, 0.3) is 5.69 Å². The quantitative estimate of drug-likeness (QED) is 0.578. The molecule has 0 unspecified atom stereocenters. The monoisotopic (exact) mass is 382 g/mol. The van der Waals surface area contributed by atoms with Crippen LogP contribution in [0.1, 0.15) is 28.2 Å². The number of hydrogen-bond acceptors (Lipinski definition) is 4. The summed E-state index contributed by atoms with van der Waals surface area (Å²) in [6.45, 7) is 3.48. The SMILES string of the molecule is Cc1c(C(=O)NCCCOCCc2ccccc2)nnn1-c1ccc(F)cc1. The van der Waals surface area contributed by atoms with E-state index in [4.69, 9.17) is 4.74 Å². The van der Waals surface area contributed by atoms with Crippen molar-refractivity contribution in [3.63, 3.8) is 0 Å². The fourth-order valence-electron chi connectivity index (χ4n) is 2.76. The minimum Gasteiger partial charge on any atom is -0.381 e. The summed E-state index contributed by atoms with van der Waals surface area (Å²) >= 11 is 0. The molecule has 1 aromatic heterocycles. The van der Waals surface area contributed by atoms with Crippen molar-refractivity contribution in [2.45, 2.75) is 19.8 Å². The molecule has 0 aliphatic rings. The van der Waals surface area contributed by atoms with Gasteiger partial charge in [0.25, 0.3) is 5.91 Å². The predicted octanol–water partition coefficient (Wildman–Crippen LogP) is 3.09. The Balaban J connectivity index is 1.40. The van der Waals surface area contributed by atoms with Crippen LogP contribution in [0.2, 0.25) is 0 Å². The summed E-state index contributed by atoms with van der Waals surface area (Å²) < 4.78 is 20.2. The highest BCUT2D eigenvalue weighted by atomic mass is 19.1. The number of amides is 1. The van der Waals surface area contributed by atoms with Crippen molar-refractivity contribution in [2.24, 2.45) is 0 Å². The zero-order valence-electron chi connectivity index (χ0n) is 15.8. The molecule has 3 aromatic rings. The minimum absolute atomic E-state index is 0.259. The molecule has 0 saturated heterocycles. The van der Waals surface area contributed by atoms with E-state index in [1.807, 2.05) is 18.2 Å². The Morgan fingerprint density at radius 2 is 1.86 bits per heavy atom. The van der Waals surface area contributed by atoms with Crippen molar-refractivity contribution in [3.8, 4) is 5.69 Å². The highest BCUT2D eigenvalue weighted by molar-refractivity contribution is 5.93. The minimum atomic E-state index is -0.328. The second-order valence-corrected chi connectivity index (χ2v) is 6.37. The van der Waals surface area contributed by atoms with Gasteiger partial charge in [-0.15, -0.1) is 5.10 Å². The highest BCUT2D eigenvalue weighted by Gasteiger charge is 2.16. The summed E-state index contributed by atoms with van der Waals surface area (Å²) in [7, 11) is 0.